The Labute approximate surface area is 122 Å². The standard InChI is InChI=1S/C15H18N2O2S/c1-11-5-4-8-17(9-11)14(18)10-20-15-16-12-6-2-3-7-13(12)19-15/h2-3,6-7,11H,4-5,8-10H2,1H3/t11-/m0/s1. The number of amides is 1. The number of nitrogens with zero attached hydrogens (tertiary/aromatic N) is 2. The van der Waals surface area contributed by atoms with Gasteiger partial charge in [-0.3, -0.25) is 4.79 Å². The van der Waals surface area contributed by atoms with Crippen molar-refractivity contribution < 1.29 is 9.21 Å². The first-order chi connectivity index (χ1) is 9.72. The second-order valence-electron chi connectivity index (χ2n) is 5.32. The first-order valence-electron chi connectivity index (χ1n) is 6.98. The number of hydrogen-bond acceptors (Lipinski definition) is 4. The zero-order valence-corrected chi connectivity index (χ0v) is 12.4. The van der Waals surface area contributed by atoms with Crippen molar-refractivity contribution in [2.45, 2.75) is 25.0 Å². The van der Waals surface area contributed by atoms with Crippen LogP contribution >= 0.6 is 11.8 Å². The van der Waals surface area contributed by atoms with Gasteiger partial charge < -0.3 is 9.32 Å². The van der Waals surface area contributed by atoms with Gasteiger partial charge in [0.05, 0.1) is 5.75 Å². The van der Waals surface area contributed by atoms with Crippen LogP contribution in [0.5, 0.6) is 0 Å². The first kappa shape index (κ1) is 13.5. The number of benzene rings is 1. The van der Waals surface area contributed by atoms with Gasteiger partial charge in [0.1, 0.15) is 5.52 Å². The average Bonchev–Trinajstić information content (AvgIpc) is 2.87. The summed E-state index contributed by atoms with van der Waals surface area (Å²) >= 11 is 1.38. The molecule has 1 aliphatic rings. The van der Waals surface area contributed by atoms with E-state index in [1.54, 1.807) is 0 Å². The summed E-state index contributed by atoms with van der Waals surface area (Å²) in [7, 11) is 0. The van der Waals surface area contributed by atoms with E-state index in [9.17, 15) is 4.79 Å². The molecule has 1 atom stereocenters. The van der Waals surface area contributed by atoms with Gasteiger partial charge in [-0.2, -0.15) is 0 Å². The van der Waals surface area contributed by atoms with Gasteiger partial charge in [-0.15, -0.1) is 0 Å². The van der Waals surface area contributed by atoms with Crippen LogP contribution in [0.4, 0.5) is 0 Å². The van der Waals surface area contributed by atoms with Gasteiger partial charge in [0.15, 0.2) is 5.58 Å². The molecular weight excluding hydrogens is 272 g/mol. The van der Waals surface area contributed by atoms with Crippen molar-refractivity contribution in [1.82, 2.24) is 9.88 Å². The molecule has 20 heavy (non-hydrogen) atoms. The van der Waals surface area contributed by atoms with Gasteiger partial charge in [0, 0.05) is 13.1 Å². The highest BCUT2D eigenvalue weighted by molar-refractivity contribution is 7.99. The summed E-state index contributed by atoms with van der Waals surface area (Å²) < 4.78 is 5.61. The Morgan fingerprint density at radius 1 is 1.50 bits per heavy atom. The molecule has 0 spiro atoms. The maximum Gasteiger partial charge on any atom is 0.257 e. The Morgan fingerprint density at radius 2 is 2.35 bits per heavy atom. The molecule has 1 aromatic carbocycles. The third-order valence-corrected chi connectivity index (χ3v) is 4.42. The van der Waals surface area contributed by atoms with Gasteiger partial charge in [-0.1, -0.05) is 30.8 Å². The highest BCUT2D eigenvalue weighted by Gasteiger charge is 2.21. The number of fused-ring (bicyclic) bond motifs is 1. The van der Waals surface area contributed by atoms with Crippen LogP contribution in [-0.2, 0) is 4.79 Å². The third kappa shape index (κ3) is 2.98. The molecule has 106 valence electrons. The number of oxazole rings is 1. The predicted octanol–water partition coefficient (Wildman–Crippen LogP) is 3.18. The van der Waals surface area contributed by atoms with Crippen LogP contribution in [0.15, 0.2) is 33.9 Å². The van der Waals surface area contributed by atoms with Crippen molar-refractivity contribution in [1.29, 1.82) is 0 Å². The molecule has 1 amide bonds. The maximum atomic E-state index is 12.2. The lowest BCUT2D eigenvalue weighted by molar-refractivity contribution is -0.130. The number of carbonyl (C=O) groups excluding carboxylic acids is 1. The molecule has 2 heterocycles. The maximum absolute atomic E-state index is 12.2. The molecule has 3 rings (SSSR count). The molecule has 0 radical (unpaired) electrons. The van der Waals surface area contributed by atoms with E-state index in [2.05, 4.69) is 11.9 Å². The van der Waals surface area contributed by atoms with Crippen molar-refractivity contribution in [2.24, 2.45) is 5.92 Å². The summed E-state index contributed by atoms with van der Waals surface area (Å²) in [6.45, 7) is 3.97. The van der Waals surface area contributed by atoms with Crippen LogP contribution < -0.4 is 0 Å². The number of aromatic nitrogens is 1. The molecule has 0 unspecified atom stereocenters. The number of hydrogen-bond donors (Lipinski definition) is 0. The minimum atomic E-state index is 0.184. The summed E-state index contributed by atoms with van der Waals surface area (Å²) in [6, 6.07) is 7.65. The molecule has 1 fully saturated rings. The topological polar surface area (TPSA) is 46.3 Å². The van der Waals surface area contributed by atoms with Crippen LogP contribution in [-0.4, -0.2) is 34.6 Å². The predicted molar refractivity (Wildman–Crippen MR) is 79.7 cm³/mol. The molecule has 5 heteroatoms. The molecule has 0 saturated carbocycles. The van der Waals surface area contributed by atoms with E-state index in [1.807, 2.05) is 29.2 Å². The van der Waals surface area contributed by atoms with Crippen LogP contribution in [0.2, 0.25) is 0 Å². The summed E-state index contributed by atoms with van der Waals surface area (Å²) in [4.78, 5) is 18.5. The smallest absolute Gasteiger partial charge is 0.257 e. The van der Waals surface area contributed by atoms with E-state index >= 15 is 0 Å². The monoisotopic (exact) mass is 290 g/mol. The van der Waals surface area contributed by atoms with Gasteiger partial charge in [0.2, 0.25) is 5.91 Å². The lowest BCUT2D eigenvalue weighted by Gasteiger charge is -2.30. The second kappa shape index (κ2) is 5.87. The number of likely N-dealkylation sites (tertiary alicyclic amines) is 1. The molecule has 4 nitrogen and oxygen atoms in total. The Morgan fingerprint density at radius 3 is 3.15 bits per heavy atom. The lowest BCUT2D eigenvalue weighted by atomic mass is 10.0. The molecule has 0 N–H and O–H groups in total. The Hall–Kier alpha value is -1.49. The van der Waals surface area contributed by atoms with Gasteiger partial charge in [0.25, 0.3) is 5.22 Å². The van der Waals surface area contributed by atoms with E-state index in [0.717, 1.165) is 30.6 Å². The third-order valence-electron chi connectivity index (χ3n) is 3.60. The fraction of sp³-hybridized carbons (Fsp3) is 0.467. The fourth-order valence-electron chi connectivity index (χ4n) is 2.54. The highest BCUT2D eigenvalue weighted by atomic mass is 32.2. The summed E-state index contributed by atoms with van der Waals surface area (Å²) in [5.74, 6) is 1.20. The van der Waals surface area contributed by atoms with Crippen molar-refractivity contribution in [3.8, 4) is 0 Å². The Balaban J connectivity index is 1.59. The zero-order valence-electron chi connectivity index (χ0n) is 11.5. The minimum absolute atomic E-state index is 0.184. The second-order valence-corrected chi connectivity index (χ2v) is 6.25. The number of para-hydroxylation sites is 2. The summed E-state index contributed by atoms with van der Waals surface area (Å²) in [5, 5.41) is 0.574. The van der Waals surface area contributed by atoms with Crippen LogP contribution in [0.25, 0.3) is 11.1 Å². The lowest BCUT2D eigenvalue weighted by Crippen LogP contribution is -2.40. The van der Waals surface area contributed by atoms with Gasteiger partial charge >= 0.3 is 0 Å². The molecule has 2 aromatic rings. The van der Waals surface area contributed by atoms with E-state index < -0.39 is 0 Å². The molecule has 0 bridgehead atoms. The van der Waals surface area contributed by atoms with E-state index in [-0.39, 0.29) is 5.91 Å². The molecule has 1 saturated heterocycles. The van der Waals surface area contributed by atoms with Gasteiger partial charge in [-0.25, -0.2) is 4.98 Å². The highest BCUT2D eigenvalue weighted by Crippen LogP contribution is 2.24. The van der Waals surface area contributed by atoms with E-state index in [0.29, 0.717) is 16.9 Å². The van der Waals surface area contributed by atoms with Crippen molar-refractivity contribution in [2.75, 3.05) is 18.8 Å². The van der Waals surface area contributed by atoms with Crippen molar-refractivity contribution in [3.05, 3.63) is 24.3 Å². The Bertz CT molecular complexity index is 578. The SMILES string of the molecule is C[C@H]1CCCN(C(=O)CSc2nc3ccccc3o2)C1. The fourth-order valence-corrected chi connectivity index (χ4v) is 3.28. The van der Waals surface area contributed by atoms with E-state index in [4.69, 9.17) is 4.42 Å². The normalized spacial score (nSPS) is 19.4. The zero-order chi connectivity index (χ0) is 13.9. The summed E-state index contributed by atoms with van der Waals surface area (Å²) in [6.07, 6.45) is 2.34. The number of carbonyl (C=O) groups is 1. The molecular formula is C15H18N2O2S. The summed E-state index contributed by atoms with van der Waals surface area (Å²) in [5.41, 5.74) is 1.61. The van der Waals surface area contributed by atoms with Crippen LogP contribution in [0.3, 0.4) is 0 Å². The average molecular weight is 290 g/mol. The first-order valence-corrected chi connectivity index (χ1v) is 7.97. The molecule has 1 aromatic heterocycles. The minimum Gasteiger partial charge on any atom is -0.431 e. The number of thioether (sulfide) groups is 1. The molecule has 1 aliphatic heterocycles. The molecule has 0 aliphatic carbocycles. The number of piperidine rings is 1. The van der Waals surface area contributed by atoms with Crippen molar-refractivity contribution >= 4 is 28.8 Å². The van der Waals surface area contributed by atoms with Crippen molar-refractivity contribution in [3.63, 3.8) is 0 Å². The van der Waals surface area contributed by atoms with Crippen LogP contribution in [0, 0.1) is 5.92 Å². The Kier molecular flexibility index (Phi) is 3.96. The largest absolute Gasteiger partial charge is 0.431 e. The van der Waals surface area contributed by atoms with Gasteiger partial charge in [-0.05, 0) is 30.9 Å². The quantitative estimate of drug-likeness (QED) is 0.815. The van der Waals surface area contributed by atoms with E-state index in [1.165, 1.54) is 18.2 Å². The van der Waals surface area contributed by atoms with Crippen LogP contribution in [0.1, 0.15) is 19.8 Å². The number of rotatable bonds is 3.